The maximum Gasteiger partial charge on any atom is 0.290 e. The van der Waals surface area contributed by atoms with Gasteiger partial charge in [-0.05, 0) is 49.8 Å². The van der Waals surface area contributed by atoms with Crippen LogP contribution in [0.15, 0.2) is 24.3 Å². The molecule has 1 aromatic carbocycles. The number of hydrogen-bond acceptors (Lipinski definition) is 7. The zero-order valence-electron chi connectivity index (χ0n) is 19.8. The minimum absolute atomic E-state index is 0.00523. The monoisotopic (exact) mass is 510 g/mol. The van der Waals surface area contributed by atoms with Gasteiger partial charge in [-0.25, -0.2) is 8.42 Å². The molecule has 0 atom stereocenters. The topological polar surface area (TPSA) is 154 Å². The zero-order valence-corrected chi connectivity index (χ0v) is 20.6. The Balaban J connectivity index is 1.23. The van der Waals surface area contributed by atoms with E-state index in [1.165, 1.54) is 4.68 Å². The number of nitrogens with one attached hydrogen (secondary N) is 2. The smallest absolute Gasteiger partial charge is 0.290 e. The summed E-state index contributed by atoms with van der Waals surface area (Å²) in [5.41, 5.74) is 6.65. The molecule has 2 N–H and O–H groups in total. The fourth-order valence-electron chi connectivity index (χ4n) is 4.77. The first-order chi connectivity index (χ1) is 17.1. The van der Waals surface area contributed by atoms with Crippen LogP contribution in [0.2, 0.25) is 0 Å². The van der Waals surface area contributed by atoms with Crippen molar-refractivity contribution in [2.45, 2.75) is 48.5 Å². The number of amides is 3. The second-order valence-corrected chi connectivity index (χ2v) is 12.3. The molecule has 2 heterocycles. The van der Waals surface area contributed by atoms with Crippen molar-refractivity contribution >= 4 is 27.6 Å². The number of hydrogen-bond donors (Lipinski definition) is 2. The van der Waals surface area contributed by atoms with Gasteiger partial charge in [-0.2, -0.15) is 10.4 Å². The number of benzene rings is 1. The summed E-state index contributed by atoms with van der Waals surface area (Å²) in [4.78, 5) is 39.8. The van der Waals surface area contributed by atoms with Gasteiger partial charge in [0.1, 0.15) is 5.69 Å². The summed E-state index contributed by atoms with van der Waals surface area (Å²) < 4.78 is 26.3. The molecule has 2 saturated carbocycles. The van der Waals surface area contributed by atoms with Gasteiger partial charge in [-0.1, -0.05) is 12.1 Å². The predicted octanol–water partition coefficient (Wildman–Crippen LogP) is 0.404. The normalized spacial score (nSPS) is 18.2. The van der Waals surface area contributed by atoms with Gasteiger partial charge in [0.25, 0.3) is 11.8 Å². The van der Waals surface area contributed by atoms with E-state index >= 15 is 0 Å². The first-order valence-corrected chi connectivity index (χ1v) is 13.4. The van der Waals surface area contributed by atoms with Crippen LogP contribution in [0.1, 0.15) is 63.4 Å². The summed E-state index contributed by atoms with van der Waals surface area (Å²) in [7, 11) is -1.69. The second-order valence-electron chi connectivity index (χ2n) is 9.69. The molecule has 0 saturated heterocycles. The fraction of sp³-hybridized carbons (Fsp3) is 0.458. The Morgan fingerprint density at radius 2 is 1.89 bits per heavy atom. The molecule has 188 valence electrons. The summed E-state index contributed by atoms with van der Waals surface area (Å²) in [6.07, 6.45) is 2.91. The van der Waals surface area contributed by atoms with Gasteiger partial charge in [-0.15, -0.1) is 0 Å². The first kappa shape index (κ1) is 24.0. The van der Waals surface area contributed by atoms with Gasteiger partial charge in [0.05, 0.1) is 28.1 Å². The Morgan fingerprint density at radius 1 is 1.19 bits per heavy atom. The van der Waals surface area contributed by atoms with Crippen molar-refractivity contribution in [3.05, 3.63) is 52.3 Å². The van der Waals surface area contributed by atoms with Crippen molar-refractivity contribution in [1.82, 2.24) is 25.5 Å². The lowest BCUT2D eigenvalue weighted by atomic mass is 10.0. The Bertz CT molecular complexity index is 1400. The number of nitrogens with zero attached hydrogens (tertiary/aromatic N) is 4. The molecule has 5 rings (SSSR count). The van der Waals surface area contributed by atoms with Crippen molar-refractivity contribution in [1.29, 1.82) is 5.26 Å². The van der Waals surface area contributed by atoms with Crippen molar-refractivity contribution in [2.24, 2.45) is 7.05 Å². The number of aryl methyl sites for hydroxylation is 1. The van der Waals surface area contributed by atoms with Crippen LogP contribution >= 0.6 is 0 Å². The average molecular weight is 511 g/mol. The largest absolute Gasteiger partial charge is 0.335 e. The zero-order chi connectivity index (χ0) is 25.7. The molecule has 0 bridgehead atoms. The van der Waals surface area contributed by atoms with E-state index in [1.54, 1.807) is 36.2 Å². The lowest BCUT2D eigenvalue weighted by Crippen LogP contribution is -2.47. The molecule has 1 aromatic heterocycles. The van der Waals surface area contributed by atoms with Crippen LogP contribution in [0.4, 0.5) is 0 Å². The van der Waals surface area contributed by atoms with Gasteiger partial charge < -0.3 is 4.90 Å². The molecule has 11 nitrogen and oxygen atoms in total. The lowest BCUT2D eigenvalue weighted by Gasteiger charge is -2.31. The highest BCUT2D eigenvalue weighted by Gasteiger charge is 2.60. The van der Waals surface area contributed by atoms with Gasteiger partial charge in [0.2, 0.25) is 5.91 Å². The summed E-state index contributed by atoms with van der Waals surface area (Å²) in [6.45, 7) is 0.465. The number of carbonyl (C=O) groups is 3. The molecule has 36 heavy (non-hydrogen) atoms. The number of hydrazine groups is 1. The van der Waals surface area contributed by atoms with E-state index < -0.39 is 26.4 Å². The number of aromatic nitrogens is 2. The third-order valence-corrected chi connectivity index (χ3v) is 10.2. The molecule has 2 aliphatic carbocycles. The Morgan fingerprint density at radius 3 is 2.50 bits per heavy atom. The van der Waals surface area contributed by atoms with Crippen molar-refractivity contribution in [3.63, 3.8) is 0 Å². The lowest BCUT2D eigenvalue weighted by molar-refractivity contribution is -0.121. The second kappa shape index (κ2) is 8.74. The molecule has 1 aliphatic heterocycles. The van der Waals surface area contributed by atoms with Crippen LogP contribution in [0.25, 0.3) is 0 Å². The summed E-state index contributed by atoms with van der Waals surface area (Å²) in [5, 5.41) is 12.8. The Labute approximate surface area is 208 Å². The Hall–Kier alpha value is -3.72. The molecule has 2 fully saturated rings. The van der Waals surface area contributed by atoms with E-state index in [1.807, 2.05) is 6.07 Å². The van der Waals surface area contributed by atoms with Gasteiger partial charge in [0.15, 0.2) is 15.5 Å². The SMILES string of the molecule is Cn1nc(C(=O)NNC(=O)Cc2ccc(C#N)cc2)c2c1C(=O)N(CC1(S(=O)(=O)C3CC3)CC1)CC2. The van der Waals surface area contributed by atoms with E-state index in [0.717, 1.165) is 0 Å². The number of fused-ring (bicyclic) bond motifs is 1. The highest BCUT2D eigenvalue weighted by molar-refractivity contribution is 7.94. The van der Waals surface area contributed by atoms with Gasteiger partial charge in [0, 0.05) is 25.7 Å². The van der Waals surface area contributed by atoms with E-state index in [9.17, 15) is 22.8 Å². The molecule has 0 radical (unpaired) electrons. The molecule has 0 unspecified atom stereocenters. The van der Waals surface area contributed by atoms with Crippen LogP contribution < -0.4 is 10.9 Å². The van der Waals surface area contributed by atoms with E-state index in [-0.39, 0.29) is 35.5 Å². The first-order valence-electron chi connectivity index (χ1n) is 11.8. The fourth-order valence-corrected chi connectivity index (χ4v) is 7.24. The molecule has 3 aliphatic rings. The van der Waals surface area contributed by atoms with Crippen LogP contribution in [-0.4, -0.2) is 63.9 Å². The third kappa shape index (κ3) is 4.24. The molecule has 0 spiro atoms. The number of nitriles is 1. The van der Waals surface area contributed by atoms with Gasteiger partial charge >= 0.3 is 0 Å². The highest BCUT2D eigenvalue weighted by atomic mass is 32.2. The molecule has 12 heteroatoms. The third-order valence-electron chi connectivity index (χ3n) is 7.10. The maximum absolute atomic E-state index is 13.3. The quantitative estimate of drug-likeness (QED) is 0.511. The predicted molar refractivity (Wildman–Crippen MR) is 127 cm³/mol. The number of carbonyl (C=O) groups excluding carboxylic acids is 3. The van der Waals surface area contributed by atoms with Crippen molar-refractivity contribution in [3.8, 4) is 6.07 Å². The average Bonchev–Trinajstić information content (AvgIpc) is 3.78. The van der Waals surface area contributed by atoms with Crippen molar-refractivity contribution in [2.75, 3.05) is 13.1 Å². The minimum atomic E-state index is -3.25. The summed E-state index contributed by atoms with van der Waals surface area (Å²) >= 11 is 0. The van der Waals surface area contributed by atoms with Crippen LogP contribution in [0, 0.1) is 11.3 Å². The van der Waals surface area contributed by atoms with Crippen molar-refractivity contribution < 1.29 is 22.8 Å². The van der Waals surface area contributed by atoms with Crippen LogP contribution in [0.3, 0.4) is 0 Å². The highest BCUT2D eigenvalue weighted by Crippen LogP contribution is 2.50. The molecular formula is C24H26N6O5S. The van der Waals surface area contributed by atoms with Crippen LogP contribution in [-0.2, 0) is 34.5 Å². The van der Waals surface area contributed by atoms with Crippen LogP contribution in [0.5, 0.6) is 0 Å². The summed E-state index contributed by atoms with van der Waals surface area (Å²) in [5.74, 6) is -1.43. The standard InChI is InChI=1S/C24H26N6O5S/c1-29-21-18(8-11-30(23(21)33)14-24(9-10-24)36(34,35)17-6-7-17)20(28-29)22(32)27-26-19(31)12-15-2-4-16(13-25)5-3-15/h2-5,17H,6-12,14H2,1H3,(H,26,31)(H,27,32). The minimum Gasteiger partial charge on any atom is -0.335 e. The number of rotatable bonds is 7. The Kier molecular flexibility index (Phi) is 5.83. The van der Waals surface area contributed by atoms with Gasteiger partial charge in [-0.3, -0.25) is 29.9 Å². The molecule has 3 amide bonds. The van der Waals surface area contributed by atoms with E-state index in [2.05, 4.69) is 16.0 Å². The molecular weight excluding hydrogens is 484 g/mol. The maximum atomic E-state index is 13.3. The number of sulfone groups is 1. The van der Waals surface area contributed by atoms with E-state index in [0.29, 0.717) is 55.3 Å². The van der Waals surface area contributed by atoms with E-state index in [4.69, 9.17) is 5.26 Å². The molecule has 2 aromatic rings. The summed E-state index contributed by atoms with van der Waals surface area (Å²) in [6, 6.07) is 8.54.